The zero-order chi connectivity index (χ0) is 27.1. The van der Waals surface area contributed by atoms with Gasteiger partial charge in [-0.15, -0.1) is 0 Å². The van der Waals surface area contributed by atoms with Crippen LogP contribution >= 0.6 is 7.60 Å². The van der Waals surface area contributed by atoms with Crippen molar-refractivity contribution in [1.29, 1.82) is 0 Å². The maximum Gasteiger partial charge on any atom is 0.421 e. The molecule has 1 unspecified atom stereocenters. The number of aromatic nitrogens is 2. The molecule has 198 valence electrons. The van der Waals surface area contributed by atoms with Crippen molar-refractivity contribution in [3.63, 3.8) is 0 Å². The lowest BCUT2D eigenvalue weighted by molar-refractivity contribution is -0.137. The average Bonchev–Trinajstić information content (AvgIpc) is 3.09. The molecular formula is C21H22F3N6O6P. The van der Waals surface area contributed by atoms with Crippen molar-refractivity contribution in [1.82, 2.24) is 19.9 Å². The SMILES string of the molecule is COc1cc(CP(=O)(O)O)ccc1Nc1ncc(C(F)(F)F)c(NC2C3=C(C=CN2O)CN(C)C3=O)n1. The van der Waals surface area contributed by atoms with Crippen molar-refractivity contribution >= 4 is 31.0 Å². The van der Waals surface area contributed by atoms with Crippen LogP contribution in [0.15, 0.2) is 47.8 Å². The normalized spacial score (nSPS) is 17.8. The predicted molar refractivity (Wildman–Crippen MR) is 124 cm³/mol. The van der Waals surface area contributed by atoms with Gasteiger partial charge in [-0.1, -0.05) is 6.07 Å². The minimum Gasteiger partial charge on any atom is -0.495 e. The lowest BCUT2D eigenvalue weighted by Crippen LogP contribution is -2.42. The molecule has 1 aromatic heterocycles. The molecule has 12 nitrogen and oxygen atoms in total. The highest BCUT2D eigenvalue weighted by Gasteiger charge is 2.40. The van der Waals surface area contributed by atoms with Gasteiger partial charge in [0, 0.05) is 26.0 Å². The van der Waals surface area contributed by atoms with Crippen LogP contribution in [0, 0.1) is 0 Å². The first kappa shape index (κ1) is 26.4. The van der Waals surface area contributed by atoms with Gasteiger partial charge in [-0.25, -0.2) is 10.0 Å². The van der Waals surface area contributed by atoms with Crippen molar-refractivity contribution in [3.8, 4) is 5.75 Å². The maximum absolute atomic E-state index is 13.8. The van der Waals surface area contributed by atoms with E-state index in [-0.39, 0.29) is 35.1 Å². The van der Waals surface area contributed by atoms with Crippen LogP contribution in [0.3, 0.4) is 0 Å². The smallest absolute Gasteiger partial charge is 0.421 e. The first-order valence-corrected chi connectivity index (χ1v) is 12.4. The summed E-state index contributed by atoms with van der Waals surface area (Å²) in [7, 11) is -1.51. The molecule has 0 saturated heterocycles. The van der Waals surface area contributed by atoms with Crippen LogP contribution in [-0.2, 0) is 21.7 Å². The zero-order valence-electron chi connectivity index (χ0n) is 19.4. The molecule has 0 spiro atoms. The number of hydrogen-bond donors (Lipinski definition) is 5. The third-order valence-corrected chi connectivity index (χ3v) is 6.34. The summed E-state index contributed by atoms with van der Waals surface area (Å²) in [5.41, 5.74) is -0.127. The number of nitrogens with one attached hydrogen (secondary N) is 2. The highest BCUT2D eigenvalue weighted by atomic mass is 31.2. The number of nitrogens with zero attached hydrogens (tertiary/aromatic N) is 4. The fourth-order valence-electron chi connectivity index (χ4n) is 3.90. The standard InChI is InChI=1S/C21H22F3N6O6P/c1-29-9-12-5-6-30(32)18(16(12)19(29)31)27-17-13(21(22,23)24)8-25-20(28-17)26-14-4-3-11(7-15(14)36-2)10-37(33,34)35/h3-8,18,32H,9-10H2,1-2H3,(H2,33,34,35)(H2,25,26,27,28). The van der Waals surface area contributed by atoms with Crippen LogP contribution in [0.5, 0.6) is 5.75 Å². The number of rotatable bonds is 7. The summed E-state index contributed by atoms with van der Waals surface area (Å²) in [6, 6.07) is 4.17. The first-order chi connectivity index (χ1) is 17.3. The molecule has 2 aliphatic rings. The Hall–Kier alpha value is -3.65. The maximum atomic E-state index is 13.8. The number of anilines is 3. The Morgan fingerprint density at radius 3 is 2.68 bits per heavy atom. The fraction of sp³-hybridized carbons (Fsp3) is 0.286. The molecule has 0 aliphatic carbocycles. The second-order valence-corrected chi connectivity index (χ2v) is 9.92. The second-order valence-electron chi connectivity index (χ2n) is 8.28. The van der Waals surface area contributed by atoms with Gasteiger partial charge < -0.3 is 30.1 Å². The fourth-order valence-corrected chi connectivity index (χ4v) is 4.57. The Kier molecular flexibility index (Phi) is 6.90. The quantitative estimate of drug-likeness (QED) is 0.327. The molecule has 0 fully saturated rings. The summed E-state index contributed by atoms with van der Waals surface area (Å²) in [6.45, 7) is 0.233. The Balaban J connectivity index is 1.67. The number of carbonyl (C=O) groups excluding carboxylic acids is 1. The molecule has 5 N–H and O–H groups in total. The second kappa shape index (κ2) is 9.67. The van der Waals surface area contributed by atoms with E-state index in [4.69, 9.17) is 4.74 Å². The summed E-state index contributed by atoms with van der Waals surface area (Å²) in [5.74, 6) is -1.30. The molecular weight excluding hydrogens is 520 g/mol. The number of carbonyl (C=O) groups is 1. The van der Waals surface area contributed by atoms with Crippen molar-refractivity contribution in [3.05, 3.63) is 58.9 Å². The molecule has 3 heterocycles. The summed E-state index contributed by atoms with van der Waals surface area (Å²) in [6.07, 6.45) is -3.47. The number of amides is 1. The van der Waals surface area contributed by atoms with E-state index in [2.05, 4.69) is 20.6 Å². The number of methoxy groups -OCH3 is 1. The molecule has 2 aliphatic heterocycles. The molecule has 0 saturated carbocycles. The molecule has 37 heavy (non-hydrogen) atoms. The van der Waals surface area contributed by atoms with Gasteiger partial charge in [0.2, 0.25) is 5.95 Å². The third kappa shape index (κ3) is 5.69. The molecule has 0 radical (unpaired) electrons. The van der Waals surface area contributed by atoms with Crippen LogP contribution < -0.4 is 15.4 Å². The minimum atomic E-state index is -4.86. The molecule has 4 rings (SSSR count). The van der Waals surface area contributed by atoms with Gasteiger partial charge in [-0.2, -0.15) is 18.2 Å². The first-order valence-electron chi connectivity index (χ1n) is 10.6. The van der Waals surface area contributed by atoms with E-state index in [9.17, 15) is 37.5 Å². The van der Waals surface area contributed by atoms with E-state index in [0.717, 1.165) is 0 Å². The van der Waals surface area contributed by atoms with Crippen LogP contribution in [0.2, 0.25) is 0 Å². The van der Waals surface area contributed by atoms with Crippen LogP contribution in [0.4, 0.5) is 30.6 Å². The van der Waals surface area contributed by atoms with Gasteiger partial charge in [0.25, 0.3) is 5.91 Å². The zero-order valence-corrected chi connectivity index (χ0v) is 20.3. The van der Waals surface area contributed by atoms with Gasteiger partial charge in [-0.3, -0.25) is 14.6 Å². The lowest BCUT2D eigenvalue weighted by atomic mass is 10.0. The minimum absolute atomic E-state index is 0.0797. The van der Waals surface area contributed by atoms with Crippen LogP contribution in [-0.4, -0.2) is 67.7 Å². The van der Waals surface area contributed by atoms with Crippen molar-refractivity contribution in [2.24, 2.45) is 0 Å². The number of ether oxygens (including phenoxy) is 1. The van der Waals surface area contributed by atoms with Gasteiger partial charge >= 0.3 is 13.8 Å². The van der Waals surface area contributed by atoms with E-state index >= 15 is 0 Å². The third-order valence-electron chi connectivity index (χ3n) is 5.57. The Morgan fingerprint density at radius 1 is 1.30 bits per heavy atom. The number of hydrogen-bond acceptors (Lipinski definition) is 9. The van der Waals surface area contributed by atoms with E-state index < -0.39 is 43.4 Å². The molecule has 1 aromatic carbocycles. The lowest BCUT2D eigenvalue weighted by Gasteiger charge is -2.30. The van der Waals surface area contributed by atoms with Crippen molar-refractivity contribution in [2.75, 3.05) is 31.3 Å². The average molecular weight is 542 g/mol. The summed E-state index contributed by atoms with van der Waals surface area (Å²) >= 11 is 0. The van der Waals surface area contributed by atoms with Crippen LogP contribution in [0.25, 0.3) is 0 Å². The number of likely N-dealkylation sites (N-methyl/N-ethyl adjacent to an activating group) is 1. The Morgan fingerprint density at radius 2 is 2.03 bits per heavy atom. The van der Waals surface area contributed by atoms with Gasteiger partial charge in [0.05, 0.1) is 24.5 Å². The van der Waals surface area contributed by atoms with Gasteiger partial charge in [-0.05, 0) is 29.3 Å². The van der Waals surface area contributed by atoms with Gasteiger partial charge in [0.1, 0.15) is 17.1 Å². The number of alkyl halides is 3. The molecule has 2 aromatic rings. The number of benzene rings is 1. The highest BCUT2D eigenvalue weighted by molar-refractivity contribution is 7.50. The molecule has 1 atom stereocenters. The predicted octanol–water partition coefficient (Wildman–Crippen LogP) is 2.65. The Bertz CT molecular complexity index is 1340. The number of halogens is 3. The highest BCUT2D eigenvalue weighted by Crippen LogP contribution is 2.41. The van der Waals surface area contributed by atoms with E-state index in [0.29, 0.717) is 16.8 Å². The Labute approximate surface area is 208 Å². The summed E-state index contributed by atoms with van der Waals surface area (Å²) < 4.78 is 57.8. The van der Waals surface area contributed by atoms with Crippen LogP contribution in [0.1, 0.15) is 11.1 Å². The molecule has 16 heteroatoms. The van der Waals surface area contributed by atoms with E-state index in [1.807, 2.05) is 0 Å². The monoisotopic (exact) mass is 542 g/mol. The molecule has 0 bridgehead atoms. The van der Waals surface area contributed by atoms with E-state index in [1.54, 1.807) is 0 Å². The topological polar surface area (TPSA) is 160 Å². The van der Waals surface area contributed by atoms with Crippen molar-refractivity contribution in [2.45, 2.75) is 18.5 Å². The summed E-state index contributed by atoms with van der Waals surface area (Å²) in [4.78, 5) is 40.0. The largest absolute Gasteiger partial charge is 0.495 e. The number of hydroxylamine groups is 2. The van der Waals surface area contributed by atoms with Crippen molar-refractivity contribution < 1.29 is 42.3 Å². The summed E-state index contributed by atoms with van der Waals surface area (Å²) in [5, 5.41) is 16.1. The van der Waals surface area contributed by atoms with E-state index in [1.165, 1.54) is 49.5 Å². The van der Waals surface area contributed by atoms with Gasteiger partial charge in [0.15, 0.2) is 6.17 Å². The molecule has 1 amide bonds.